The van der Waals surface area contributed by atoms with Crippen LogP contribution in [0, 0.1) is 0 Å². The Morgan fingerprint density at radius 3 is 3.00 bits per heavy atom. The summed E-state index contributed by atoms with van der Waals surface area (Å²) in [6.07, 6.45) is 3.05. The number of esters is 1. The van der Waals surface area contributed by atoms with Crippen molar-refractivity contribution in [1.29, 1.82) is 0 Å². The summed E-state index contributed by atoms with van der Waals surface area (Å²) in [4.78, 5) is 10.5. The summed E-state index contributed by atoms with van der Waals surface area (Å²) in [5.74, 6) is -0.330. The maximum atomic E-state index is 10.5. The molecule has 0 bridgehead atoms. The van der Waals surface area contributed by atoms with E-state index in [1.54, 1.807) is 7.11 Å². The number of hydrogen-bond acceptors (Lipinski definition) is 3. The molecule has 0 saturated carbocycles. The van der Waals surface area contributed by atoms with Gasteiger partial charge >= 0.3 is 5.97 Å². The maximum Gasteiger partial charge on any atom is 0.330 e. The van der Waals surface area contributed by atoms with Crippen molar-refractivity contribution in [1.82, 2.24) is 0 Å². The largest absolute Gasteiger partial charge is 0.463 e. The molecule has 0 rings (SSSR count). The van der Waals surface area contributed by atoms with Gasteiger partial charge in [-0.3, -0.25) is 0 Å². The van der Waals surface area contributed by atoms with E-state index >= 15 is 0 Å². The molecule has 0 amide bonds. The minimum Gasteiger partial charge on any atom is -0.463 e. The van der Waals surface area contributed by atoms with Gasteiger partial charge in [0.25, 0.3) is 0 Å². The van der Waals surface area contributed by atoms with E-state index in [0.29, 0.717) is 6.61 Å². The van der Waals surface area contributed by atoms with E-state index in [9.17, 15) is 4.79 Å². The normalized spacial score (nSPS) is 10.4. The highest BCUT2D eigenvalue weighted by molar-refractivity contribution is 6.35. The van der Waals surface area contributed by atoms with Crippen LogP contribution in [0.2, 0.25) is 6.04 Å². The number of methoxy groups -OCH3 is 1. The Morgan fingerprint density at radius 2 is 2.42 bits per heavy atom. The molecule has 12 heavy (non-hydrogen) atoms. The fraction of sp³-hybridized carbons (Fsp3) is 0.625. The van der Waals surface area contributed by atoms with Crippen LogP contribution in [0.25, 0.3) is 0 Å². The molecule has 3 nitrogen and oxygen atoms in total. The molecule has 0 aromatic heterocycles. The molecule has 0 saturated heterocycles. The first kappa shape index (κ1) is 11.4. The average Bonchev–Trinajstić information content (AvgIpc) is 2.10. The third-order valence-corrected chi connectivity index (χ3v) is 3.10. The highest BCUT2D eigenvalue weighted by Crippen LogP contribution is 1.90. The van der Waals surface area contributed by atoms with Crippen LogP contribution in [-0.4, -0.2) is 35.4 Å². The Labute approximate surface area is 75.6 Å². The Balaban J connectivity index is 3.00. The molecule has 0 radical (unpaired) electrons. The van der Waals surface area contributed by atoms with Crippen LogP contribution in [0.1, 0.15) is 6.42 Å². The van der Waals surface area contributed by atoms with Gasteiger partial charge in [0, 0.05) is 19.4 Å². The lowest BCUT2D eigenvalue weighted by molar-refractivity contribution is -0.137. The zero-order chi connectivity index (χ0) is 9.23. The Hall–Kier alpha value is -0.613. The van der Waals surface area contributed by atoms with Crippen molar-refractivity contribution in [3.05, 3.63) is 12.7 Å². The lowest BCUT2D eigenvalue weighted by Gasteiger charge is -2.00. The van der Waals surface area contributed by atoms with Crippen LogP contribution in [0.5, 0.6) is 0 Å². The molecule has 0 aromatic carbocycles. The van der Waals surface area contributed by atoms with Crippen molar-refractivity contribution in [2.24, 2.45) is 0 Å². The van der Waals surface area contributed by atoms with Crippen LogP contribution in [0.4, 0.5) is 0 Å². The molecule has 0 aliphatic heterocycles. The van der Waals surface area contributed by atoms with Gasteiger partial charge in [0.1, 0.15) is 0 Å². The van der Waals surface area contributed by atoms with Gasteiger partial charge in [0.2, 0.25) is 0 Å². The van der Waals surface area contributed by atoms with Crippen molar-refractivity contribution in [2.45, 2.75) is 12.5 Å². The molecule has 0 atom stereocenters. The third kappa shape index (κ3) is 7.49. The molecular formula is C8H16O3Si. The number of hydrogen-bond donors (Lipinski definition) is 0. The van der Waals surface area contributed by atoms with Crippen molar-refractivity contribution in [3.8, 4) is 0 Å². The number of carbonyl (C=O) groups excluding carboxylic acids is 1. The number of carbonyl (C=O) groups is 1. The number of rotatable bonds is 7. The lowest BCUT2D eigenvalue weighted by atomic mass is 10.5. The summed E-state index contributed by atoms with van der Waals surface area (Å²) < 4.78 is 9.72. The summed E-state index contributed by atoms with van der Waals surface area (Å²) in [5, 5.41) is 0. The van der Waals surface area contributed by atoms with E-state index in [1.165, 1.54) is 6.08 Å². The van der Waals surface area contributed by atoms with E-state index in [1.807, 2.05) is 0 Å². The summed E-state index contributed by atoms with van der Waals surface area (Å²) in [6, 6.07) is 1.16. The highest BCUT2D eigenvalue weighted by Gasteiger charge is 1.94. The van der Waals surface area contributed by atoms with E-state index in [2.05, 4.69) is 6.58 Å². The summed E-state index contributed by atoms with van der Waals surface area (Å²) in [7, 11) is 1.63. The molecule has 0 unspecified atom stereocenters. The first-order chi connectivity index (χ1) is 5.81. The van der Waals surface area contributed by atoms with E-state index in [-0.39, 0.29) is 15.5 Å². The van der Waals surface area contributed by atoms with Gasteiger partial charge in [-0.1, -0.05) is 12.6 Å². The molecule has 0 aromatic rings. The van der Waals surface area contributed by atoms with Crippen molar-refractivity contribution in [3.63, 3.8) is 0 Å². The smallest absolute Gasteiger partial charge is 0.330 e. The molecule has 0 spiro atoms. The second-order valence-corrected chi connectivity index (χ2v) is 4.25. The van der Waals surface area contributed by atoms with E-state index < -0.39 is 0 Å². The predicted molar refractivity (Wildman–Crippen MR) is 51.0 cm³/mol. The topological polar surface area (TPSA) is 35.5 Å². The average molecular weight is 188 g/mol. The molecule has 0 aliphatic carbocycles. The molecule has 0 heterocycles. The summed E-state index contributed by atoms with van der Waals surface area (Å²) in [6.45, 7) is 3.82. The summed E-state index contributed by atoms with van der Waals surface area (Å²) in [5.41, 5.74) is 0. The Kier molecular flexibility index (Phi) is 8.05. The first-order valence-corrected chi connectivity index (χ1v) is 6.09. The third-order valence-electron chi connectivity index (χ3n) is 1.40. The van der Waals surface area contributed by atoms with Gasteiger partial charge in [0.15, 0.2) is 0 Å². The van der Waals surface area contributed by atoms with Gasteiger partial charge in [0.05, 0.1) is 16.1 Å². The predicted octanol–water partition coefficient (Wildman–Crippen LogP) is 0.297. The van der Waals surface area contributed by atoms with Gasteiger partial charge in [-0.2, -0.15) is 0 Å². The van der Waals surface area contributed by atoms with Crippen molar-refractivity contribution >= 4 is 15.5 Å². The van der Waals surface area contributed by atoms with Gasteiger partial charge in [-0.25, -0.2) is 4.79 Å². The first-order valence-electron chi connectivity index (χ1n) is 4.09. The van der Waals surface area contributed by atoms with Crippen molar-refractivity contribution < 1.29 is 14.3 Å². The van der Waals surface area contributed by atoms with E-state index in [4.69, 9.17) is 9.47 Å². The van der Waals surface area contributed by atoms with Gasteiger partial charge < -0.3 is 9.47 Å². The highest BCUT2D eigenvalue weighted by atomic mass is 28.2. The molecule has 4 heteroatoms. The monoisotopic (exact) mass is 188 g/mol. The number of ether oxygens (including phenoxy) is 2. The SMILES string of the molecule is C=CC(=O)OCCC[SiH2]COC. The zero-order valence-electron chi connectivity index (χ0n) is 7.54. The van der Waals surface area contributed by atoms with Crippen LogP contribution in [0.3, 0.4) is 0 Å². The maximum absolute atomic E-state index is 10.5. The standard InChI is InChI=1S/C8H16O3Si/c1-3-8(9)11-5-4-6-12-7-10-2/h3H,1,4-7,12H2,2H3. The fourth-order valence-corrected chi connectivity index (χ4v) is 1.81. The zero-order valence-corrected chi connectivity index (χ0v) is 8.96. The minimum absolute atomic E-state index is 0.0792. The van der Waals surface area contributed by atoms with Gasteiger partial charge in [-0.05, 0) is 6.42 Å². The van der Waals surface area contributed by atoms with Gasteiger partial charge in [-0.15, -0.1) is 0 Å². The van der Waals surface area contributed by atoms with Crippen molar-refractivity contribution in [2.75, 3.05) is 19.9 Å². The second kappa shape index (κ2) is 8.48. The summed E-state index contributed by atoms with van der Waals surface area (Å²) >= 11 is 0. The molecule has 0 N–H and O–H groups in total. The molecule has 0 fully saturated rings. The molecule has 0 aliphatic rings. The Morgan fingerprint density at radius 1 is 1.67 bits per heavy atom. The quantitative estimate of drug-likeness (QED) is 0.249. The fourth-order valence-electron chi connectivity index (χ4n) is 0.757. The van der Waals surface area contributed by atoms with Crippen LogP contribution in [0.15, 0.2) is 12.7 Å². The van der Waals surface area contributed by atoms with Crippen LogP contribution >= 0.6 is 0 Å². The van der Waals surface area contributed by atoms with E-state index in [0.717, 1.165) is 18.7 Å². The minimum atomic E-state index is -0.330. The lowest BCUT2D eigenvalue weighted by Crippen LogP contribution is -2.05. The molecule has 70 valence electrons. The Bertz CT molecular complexity index is 136. The molecular weight excluding hydrogens is 172 g/mol. The second-order valence-electron chi connectivity index (χ2n) is 2.43. The van der Waals surface area contributed by atoms with Crippen LogP contribution < -0.4 is 0 Å². The van der Waals surface area contributed by atoms with Crippen LogP contribution in [-0.2, 0) is 14.3 Å².